The van der Waals surface area contributed by atoms with E-state index in [0.29, 0.717) is 0 Å². The molecular weight excluding hydrogens is 562 g/mol. The highest BCUT2D eigenvalue weighted by molar-refractivity contribution is 6.09. The van der Waals surface area contributed by atoms with E-state index in [1.165, 1.54) is 22.3 Å². The van der Waals surface area contributed by atoms with E-state index in [-0.39, 0.29) is 0 Å². The summed E-state index contributed by atoms with van der Waals surface area (Å²) >= 11 is 0. The molecule has 3 heteroatoms. The van der Waals surface area contributed by atoms with E-state index in [4.69, 9.17) is 9.15 Å². The van der Waals surface area contributed by atoms with Crippen molar-refractivity contribution in [2.75, 3.05) is 4.90 Å². The first-order chi connectivity index (χ1) is 22.8. The van der Waals surface area contributed by atoms with Gasteiger partial charge in [-0.2, -0.15) is 0 Å². The third-order valence-corrected chi connectivity index (χ3v) is 9.71. The predicted octanol–water partition coefficient (Wildman–Crippen LogP) is 11.5. The first-order valence-electron chi connectivity index (χ1n) is 15.7. The highest BCUT2D eigenvalue weighted by Gasteiger charge is 2.51. The van der Waals surface area contributed by atoms with Crippen molar-refractivity contribution in [3.63, 3.8) is 0 Å². The maximum absolute atomic E-state index is 6.61. The number of hydrogen-bond acceptors (Lipinski definition) is 3. The van der Waals surface area contributed by atoms with Crippen LogP contribution in [0.25, 0.3) is 33.1 Å². The van der Waals surface area contributed by atoms with Crippen LogP contribution >= 0.6 is 0 Å². The van der Waals surface area contributed by atoms with Gasteiger partial charge in [0.1, 0.15) is 22.7 Å². The molecule has 0 saturated heterocycles. The summed E-state index contributed by atoms with van der Waals surface area (Å²) in [6.45, 7) is 0. The van der Waals surface area contributed by atoms with Crippen molar-refractivity contribution < 1.29 is 9.15 Å². The second-order valence-electron chi connectivity index (χ2n) is 12.1. The average molecular weight is 590 g/mol. The second kappa shape index (κ2) is 9.47. The number of furan rings is 1. The van der Waals surface area contributed by atoms with Crippen molar-refractivity contribution in [1.82, 2.24) is 0 Å². The van der Waals surface area contributed by atoms with Crippen molar-refractivity contribution in [3.8, 4) is 22.6 Å². The van der Waals surface area contributed by atoms with Crippen LogP contribution in [0.3, 0.4) is 0 Å². The molecule has 0 bridgehead atoms. The lowest BCUT2D eigenvalue weighted by atomic mass is 9.66. The molecule has 0 fully saturated rings. The van der Waals surface area contributed by atoms with Crippen LogP contribution in [0.5, 0.6) is 11.5 Å². The van der Waals surface area contributed by atoms with Gasteiger partial charge >= 0.3 is 0 Å². The van der Waals surface area contributed by atoms with Gasteiger partial charge in [-0.05, 0) is 89.0 Å². The molecule has 1 aliphatic carbocycles. The van der Waals surface area contributed by atoms with Crippen molar-refractivity contribution in [2.24, 2.45) is 0 Å². The van der Waals surface area contributed by atoms with Gasteiger partial charge in [0, 0.05) is 39.0 Å². The van der Waals surface area contributed by atoms with Gasteiger partial charge in [-0.3, -0.25) is 0 Å². The van der Waals surface area contributed by atoms with Crippen LogP contribution in [-0.4, -0.2) is 0 Å². The number of hydrogen-bond donors (Lipinski definition) is 0. The van der Waals surface area contributed by atoms with Crippen LogP contribution in [0.2, 0.25) is 0 Å². The standard InChI is InChI=1S/C43H27NO2/c1-3-13-28(14-4-1)44(29-15-5-2-6-16-29)30-23-24-39-33(25-30)34-26-38-32(27-42(34)45-39)31-17-7-8-18-35(31)43(38)36-19-9-11-21-40(36)46-41-22-12-10-20-37(41)43/h1-27H. The lowest BCUT2D eigenvalue weighted by Crippen LogP contribution is -2.32. The molecule has 0 atom stereocenters. The largest absolute Gasteiger partial charge is 0.457 e. The van der Waals surface area contributed by atoms with E-state index in [2.05, 4.69) is 169 Å². The van der Waals surface area contributed by atoms with Crippen molar-refractivity contribution in [2.45, 2.75) is 5.41 Å². The minimum absolute atomic E-state index is 0.521. The van der Waals surface area contributed by atoms with E-state index in [1.807, 2.05) is 0 Å². The van der Waals surface area contributed by atoms with Gasteiger partial charge in [0.25, 0.3) is 0 Å². The highest BCUT2D eigenvalue weighted by Crippen LogP contribution is 2.62. The zero-order chi connectivity index (χ0) is 30.2. The van der Waals surface area contributed by atoms with E-state index < -0.39 is 5.41 Å². The molecule has 1 spiro atoms. The molecule has 0 amide bonds. The molecular formula is C43H27NO2. The van der Waals surface area contributed by atoms with Crippen molar-refractivity contribution in [1.29, 1.82) is 0 Å². The maximum atomic E-state index is 6.61. The average Bonchev–Trinajstić information content (AvgIpc) is 3.61. The monoisotopic (exact) mass is 589 g/mol. The molecule has 10 rings (SSSR count). The SMILES string of the molecule is c1ccc(N(c2ccccc2)c2ccc3oc4cc5c(cc4c3c2)C2(c3ccccc3Oc3ccccc32)c2ccccc2-5)cc1. The summed E-state index contributed by atoms with van der Waals surface area (Å²) in [6.07, 6.45) is 0. The number of nitrogens with zero attached hydrogens (tertiary/aromatic N) is 1. The fourth-order valence-corrected chi connectivity index (χ4v) is 7.85. The van der Waals surface area contributed by atoms with Crippen LogP contribution in [-0.2, 0) is 5.41 Å². The van der Waals surface area contributed by atoms with E-state index >= 15 is 0 Å². The minimum atomic E-state index is -0.521. The minimum Gasteiger partial charge on any atom is -0.457 e. The molecule has 7 aromatic carbocycles. The molecule has 2 heterocycles. The summed E-state index contributed by atoms with van der Waals surface area (Å²) < 4.78 is 13.1. The summed E-state index contributed by atoms with van der Waals surface area (Å²) in [6, 6.07) is 58.0. The van der Waals surface area contributed by atoms with Crippen LogP contribution in [0.4, 0.5) is 17.1 Å². The number of benzene rings is 7. The Morgan fingerprint density at radius 2 is 0.957 bits per heavy atom. The van der Waals surface area contributed by atoms with Crippen molar-refractivity contribution >= 4 is 39.0 Å². The Morgan fingerprint density at radius 1 is 0.391 bits per heavy atom. The fourth-order valence-electron chi connectivity index (χ4n) is 7.85. The van der Waals surface area contributed by atoms with Gasteiger partial charge in [-0.25, -0.2) is 0 Å². The zero-order valence-electron chi connectivity index (χ0n) is 24.9. The quantitative estimate of drug-likeness (QED) is 0.205. The van der Waals surface area contributed by atoms with Gasteiger partial charge in [0.05, 0.1) is 5.41 Å². The maximum Gasteiger partial charge on any atom is 0.136 e. The summed E-state index contributed by atoms with van der Waals surface area (Å²) in [5.74, 6) is 1.79. The molecule has 2 aliphatic rings. The first kappa shape index (κ1) is 25.3. The summed E-state index contributed by atoms with van der Waals surface area (Å²) in [5, 5.41) is 2.19. The third-order valence-electron chi connectivity index (χ3n) is 9.71. The normalized spacial score (nSPS) is 13.6. The van der Waals surface area contributed by atoms with Gasteiger partial charge < -0.3 is 14.1 Å². The molecule has 0 unspecified atom stereocenters. The summed E-state index contributed by atoms with van der Waals surface area (Å²) in [5.41, 5.74) is 11.8. The number of rotatable bonds is 3. The Bertz CT molecular complexity index is 2370. The molecule has 0 saturated carbocycles. The van der Waals surface area contributed by atoms with Gasteiger partial charge in [-0.1, -0.05) is 97.1 Å². The zero-order valence-corrected chi connectivity index (χ0v) is 24.9. The van der Waals surface area contributed by atoms with E-state index in [0.717, 1.165) is 61.6 Å². The topological polar surface area (TPSA) is 25.6 Å². The van der Waals surface area contributed by atoms with Gasteiger partial charge in [-0.15, -0.1) is 0 Å². The van der Waals surface area contributed by atoms with Crippen LogP contribution in [0.15, 0.2) is 168 Å². The van der Waals surface area contributed by atoms with Crippen LogP contribution in [0.1, 0.15) is 22.3 Å². The fraction of sp³-hybridized carbons (Fsp3) is 0.0233. The predicted molar refractivity (Wildman–Crippen MR) is 186 cm³/mol. The first-order valence-corrected chi connectivity index (χ1v) is 15.7. The van der Waals surface area contributed by atoms with Gasteiger partial charge in [0.15, 0.2) is 0 Å². The molecule has 3 nitrogen and oxygen atoms in total. The van der Waals surface area contributed by atoms with Gasteiger partial charge in [0.2, 0.25) is 0 Å². The molecule has 0 N–H and O–H groups in total. The molecule has 46 heavy (non-hydrogen) atoms. The Balaban J connectivity index is 1.27. The number of anilines is 3. The lowest BCUT2D eigenvalue weighted by Gasteiger charge is -2.39. The molecule has 1 aliphatic heterocycles. The Hall–Kier alpha value is -6.06. The molecule has 216 valence electrons. The van der Waals surface area contributed by atoms with E-state index in [1.54, 1.807) is 0 Å². The summed E-state index contributed by atoms with van der Waals surface area (Å²) in [7, 11) is 0. The smallest absolute Gasteiger partial charge is 0.136 e. The number of fused-ring (bicyclic) bond motifs is 12. The Labute approximate surface area is 266 Å². The summed E-state index contributed by atoms with van der Waals surface area (Å²) in [4.78, 5) is 2.30. The lowest BCUT2D eigenvalue weighted by molar-refractivity contribution is 0.436. The highest BCUT2D eigenvalue weighted by atomic mass is 16.5. The molecule has 1 aromatic heterocycles. The Kier molecular flexibility index (Phi) is 5.20. The van der Waals surface area contributed by atoms with E-state index in [9.17, 15) is 0 Å². The van der Waals surface area contributed by atoms with Crippen molar-refractivity contribution in [3.05, 3.63) is 186 Å². The molecule has 0 radical (unpaired) electrons. The number of para-hydroxylation sites is 4. The molecule has 8 aromatic rings. The second-order valence-corrected chi connectivity index (χ2v) is 12.1. The van der Waals surface area contributed by atoms with Crippen LogP contribution in [0, 0.1) is 0 Å². The number of ether oxygens (including phenoxy) is 1. The Morgan fingerprint density at radius 3 is 1.63 bits per heavy atom. The third kappa shape index (κ3) is 3.37. The van der Waals surface area contributed by atoms with Crippen LogP contribution < -0.4 is 9.64 Å².